The fourth-order valence-electron chi connectivity index (χ4n) is 2.75. The summed E-state index contributed by atoms with van der Waals surface area (Å²) in [5.41, 5.74) is 1.87. The number of methoxy groups -OCH3 is 1. The van der Waals surface area contributed by atoms with Crippen molar-refractivity contribution < 1.29 is 9.53 Å². The van der Waals surface area contributed by atoms with E-state index in [1.165, 1.54) is 25.7 Å². The highest BCUT2D eigenvalue weighted by molar-refractivity contribution is 5.92. The van der Waals surface area contributed by atoms with E-state index in [4.69, 9.17) is 4.74 Å². The number of anilines is 1. The van der Waals surface area contributed by atoms with Crippen molar-refractivity contribution in [2.45, 2.75) is 39.0 Å². The molecule has 0 aliphatic carbocycles. The molecule has 0 bridgehead atoms. The molecule has 4 heteroatoms. The molecule has 1 aliphatic heterocycles. The van der Waals surface area contributed by atoms with E-state index in [0.717, 1.165) is 30.9 Å². The van der Waals surface area contributed by atoms with Crippen LogP contribution in [0.2, 0.25) is 0 Å². The van der Waals surface area contributed by atoms with Crippen LogP contribution in [-0.2, 0) is 4.79 Å². The number of carbonyl (C=O) groups excluding carboxylic acids is 1. The Balaban J connectivity index is 1.85. The number of nitrogens with one attached hydrogen (secondary N) is 1. The van der Waals surface area contributed by atoms with Crippen LogP contribution in [0.25, 0.3) is 0 Å². The first-order valence-corrected chi connectivity index (χ1v) is 7.86. The van der Waals surface area contributed by atoms with Crippen LogP contribution >= 0.6 is 0 Å². The van der Waals surface area contributed by atoms with Crippen LogP contribution in [0.15, 0.2) is 18.2 Å². The molecule has 1 heterocycles. The molecule has 0 atom stereocenters. The molecule has 0 radical (unpaired) electrons. The van der Waals surface area contributed by atoms with Crippen LogP contribution < -0.4 is 10.1 Å². The van der Waals surface area contributed by atoms with Gasteiger partial charge in [-0.2, -0.15) is 0 Å². The first kappa shape index (κ1) is 15.8. The first-order valence-electron chi connectivity index (χ1n) is 7.86. The Hall–Kier alpha value is -1.55. The van der Waals surface area contributed by atoms with E-state index in [2.05, 4.69) is 10.2 Å². The largest absolute Gasteiger partial charge is 0.495 e. The monoisotopic (exact) mass is 290 g/mol. The predicted octanol–water partition coefficient (Wildman–Crippen LogP) is 3.21. The van der Waals surface area contributed by atoms with Crippen LogP contribution in [-0.4, -0.2) is 37.6 Å². The van der Waals surface area contributed by atoms with Gasteiger partial charge < -0.3 is 15.0 Å². The molecule has 1 aromatic carbocycles. The summed E-state index contributed by atoms with van der Waals surface area (Å²) in [6.45, 7) is 5.11. The molecular weight excluding hydrogens is 264 g/mol. The molecule has 0 saturated carbocycles. The molecule has 2 rings (SSSR count). The minimum atomic E-state index is 0.0585. The minimum absolute atomic E-state index is 0.0585. The number of benzene rings is 1. The lowest BCUT2D eigenvalue weighted by Gasteiger charge is -2.19. The third-order valence-electron chi connectivity index (χ3n) is 3.98. The molecule has 1 aliphatic rings. The highest BCUT2D eigenvalue weighted by atomic mass is 16.5. The number of hydrogen-bond acceptors (Lipinski definition) is 3. The molecule has 1 saturated heterocycles. The van der Waals surface area contributed by atoms with Gasteiger partial charge in [-0.05, 0) is 50.6 Å². The summed E-state index contributed by atoms with van der Waals surface area (Å²) in [6.07, 6.45) is 5.70. The van der Waals surface area contributed by atoms with Crippen molar-refractivity contribution in [3.8, 4) is 5.75 Å². The van der Waals surface area contributed by atoms with Crippen LogP contribution in [0.3, 0.4) is 0 Å². The average molecular weight is 290 g/mol. The van der Waals surface area contributed by atoms with E-state index < -0.39 is 0 Å². The van der Waals surface area contributed by atoms with Gasteiger partial charge in [-0.1, -0.05) is 18.9 Å². The summed E-state index contributed by atoms with van der Waals surface area (Å²) in [5.74, 6) is 0.770. The van der Waals surface area contributed by atoms with Crippen molar-refractivity contribution >= 4 is 11.6 Å². The zero-order chi connectivity index (χ0) is 15.1. The second kappa shape index (κ2) is 8.03. The van der Waals surface area contributed by atoms with Crippen LogP contribution in [0.5, 0.6) is 5.75 Å². The Morgan fingerprint density at radius 3 is 2.62 bits per heavy atom. The number of likely N-dealkylation sites (tertiary alicyclic amines) is 1. The van der Waals surface area contributed by atoms with Crippen molar-refractivity contribution in [2.24, 2.45) is 0 Å². The van der Waals surface area contributed by atoms with E-state index in [0.29, 0.717) is 12.2 Å². The van der Waals surface area contributed by atoms with Crippen molar-refractivity contribution in [2.75, 3.05) is 32.1 Å². The zero-order valence-corrected chi connectivity index (χ0v) is 13.2. The first-order chi connectivity index (χ1) is 10.2. The SMILES string of the molecule is COc1ccc(C)cc1NC(=O)CCN1CCCCCC1. The van der Waals surface area contributed by atoms with Gasteiger partial charge in [0, 0.05) is 13.0 Å². The minimum Gasteiger partial charge on any atom is -0.495 e. The molecular formula is C17H26N2O2. The van der Waals surface area contributed by atoms with Crippen molar-refractivity contribution in [3.63, 3.8) is 0 Å². The molecule has 0 spiro atoms. The quantitative estimate of drug-likeness (QED) is 0.905. The molecule has 1 fully saturated rings. The van der Waals surface area contributed by atoms with Gasteiger partial charge in [0.15, 0.2) is 0 Å². The summed E-state index contributed by atoms with van der Waals surface area (Å²) >= 11 is 0. The van der Waals surface area contributed by atoms with Crippen molar-refractivity contribution in [1.82, 2.24) is 4.90 Å². The average Bonchev–Trinajstić information content (AvgIpc) is 2.74. The lowest BCUT2D eigenvalue weighted by atomic mass is 10.2. The highest BCUT2D eigenvalue weighted by Crippen LogP contribution is 2.25. The second-order valence-corrected chi connectivity index (χ2v) is 5.76. The van der Waals surface area contributed by atoms with Crippen LogP contribution in [0, 0.1) is 6.92 Å². The number of carbonyl (C=O) groups is 1. The topological polar surface area (TPSA) is 41.6 Å². The number of nitrogens with zero attached hydrogens (tertiary/aromatic N) is 1. The van der Waals surface area contributed by atoms with Gasteiger partial charge in [-0.25, -0.2) is 0 Å². The summed E-state index contributed by atoms with van der Waals surface area (Å²) in [6, 6.07) is 5.81. The van der Waals surface area contributed by atoms with Crippen molar-refractivity contribution in [1.29, 1.82) is 0 Å². The maximum atomic E-state index is 12.1. The predicted molar refractivity (Wildman–Crippen MR) is 85.9 cm³/mol. The van der Waals surface area contributed by atoms with Crippen LogP contribution in [0.4, 0.5) is 5.69 Å². The standard InChI is InChI=1S/C17H26N2O2/c1-14-7-8-16(21-2)15(13-14)18-17(20)9-12-19-10-5-3-4-6-11-19/h7-8,13H,3-6,9-12H2,1-2H3,(H,18,20). The van der Waals surface area contributed by atoms with Gasteiger partial charge in [-0.3, -0.25) is 4.79 Å². The molecule has 1 aromatic rings. The maximum Gasteiger partial charge on any atom is 0.225 e. The lowest BCUT2D eigenvalue weighted by molar-refractivity contribution is -0.116. The van der Waals surface area contributed by atoms with E-state index in [-0.39, 0.29) is 5.91 Å². The number of ether oxygens (including phenoxy) is 1. The zero-order valence-electron chi connectivity index (χ0n) is 13.2. The molecule has 1 amide bonds. The van der Waals surface area contributed by atoms with Gasteiger partial charge in [0.2, 0.25) is 5.91 Å². The molecule has 116 valence electrons. The van der Waals surface area contributed by atoms with Gasteiger partial charge >= 0.3 is 0 Å². The molecule has 1 N–H and O–H groups in total. The fourth-order valence-corrected chi connectivity index (χ4v) is 2.75. The summed E-state index contributed by atoms with van der Waals surface area (Å²) in [7, 11) is 1.62. The van der Waals surface area contributed by atoms with E-state index >= 15 is 0 Å². The maximum absolute atomic E-state index is 12.1. The van der Waals surface area contributed by atoms with Gasteiger partial charge in [-0.15, -0.1) is 0 Å². The van der Waals surface area contributed by atoms with Gasteiger partial charge in [0.25, 0.3) is 0 Å². The third kappa shape index (κ3) is 5.05. The van der Waals surface area contributed by atoms with E-state index in [1.54, 1.807) is 7.11 Å². The van der Waals surface area contributed by atoms with Gasteiger partial charge in [0.05, 0.1) is 12.8 Å². The van der Waals surface area contributed by atoms with Gasteiger partial charge in [0.1, 0.15) is 5.75 Å². The smallest absolute Gasteiger partial charge is 0.225 e. The Morgan fingerprint density at radius 1 is 1.24 bits per heavy atom. The highest BCUT2D eigenvalue weighted by Gasteiger charge is 2.12. The lowest BCUT2D eigenvalue weighted by Crippen LogP contribution is -2.28. The Morgan fingerprint density at radius 2 is 1.95 bits per heavy atom. The Kier molecular flexibility index (Phi) is 6.05. The van der Waals surface area contributed by atoms with Crippen LogP contribution in [0.1, 0.15) is 37.7 Å². The molecule has 4 nitrogen and oxygen atoms in total. The normalized spacial score (nSPS) is 16.3. The fraction of sp³-hybridized carbons (Fsp3) is 0.588. The summed E-state index contributed by atoms with van der Waals surface area (Å²) in [5, 5.41) is 2.97. The van der Waals surface area contributed by atoms with E-state index in [1.807, 2.05) is 25.1 Å². The van der Waals surface area contributed by atoms with E-state index in [9.17, 15) is 4.79 Å². The Labute approximate surface area is 127 Å². The number of aryl methyl sites for hydroxylation is 1. The molecule has 0 aromatic heterocycles. The number of rotatable bonds is 5. The summed E-state index contributed by atoms with van der Waals surface area (Å²) < 4.78 is 5.29. The molecule has 0 unspecified atom stereocenters. The summed E-state index contributed by atoms with van der Waals surface area (Å²) in [4.78, 5) is 14.5. The second-order valence-electron chi connectivity index (χ2n) is 5.76. The third-order valence-corrected chi connectivity index (χ3v) is 3.98. The van der Waals surface area contributed by atoms with Crippen molar-refractivity contribution in [3.05, 3.63) is 23.8 Å². The number of amides is 1. The number of hydrogen-bond donors (Lipinski definition) is 1. The molecule has 21 heavy (non-hydrogen) atoms. The Bertz CT molecular complexity index is 466.